The third-order valence-corrected chi connectivity index (χ3v) is 9.11. The molecule has 0 aromatic heterocycles. The average Bonchev–Trinajstić information content (AvgIpc) is 2.09. The topological polar surface area (TPSA) is 44.7 Å². The molecule has 0 aromatic rings. The molecule has 0 bridgehead atoms. The predicted molar refractivity (Wildman–Crippen MR) is 84.1 cm³/mol. The van der Waals surface area contributed by atoms with Crippen LogP contribution in [0, 0.1) is 0 Å². The van der Waals surface area contributed by atoms with E-state index >= 15 is 0 Å². The van der Waals surface area contributed by atoms with Gasteiger partial charge in [-0.3, -0.25) is 0 Å². The summed E-state index contributed by atoms with van der Waals surface area (Å²) in [5, 5.41) is 0.179. The van der Waals surface area contributed by atoms with Crippen LogP contribution >= 0.6 is 0 Å². The summed E-state index contributed by atoms with van der Waals surface area (Å²) in [7, 11) is -1.78. The van der Waals surface area contributed by atoms with Crippen LogP contribution in [0.15, 0.2) is 4.40 Å². The third kappa shape index (κ3) is 5.86. The lowest BCUT2D eigenvalue weighted by atomic mass is 10.2. The monoisotopic (exact) mass is 291 g/mol. The van der Waals surface area contributed by atoms with Crippen LogP contribution in [0.25, 0.3) is 0 Å². The van der Waals surface area contributed by atoms with Crippen molar-refractivity contribution in [1.29, 1.82) is 0 Å². The maximum absolute atomic E-state index is 11.8. The molecule has 0 aromatic carbocycles. The summed E-state index contributed by atoms with van der Waals surface area (Å²) in [5.41, 5.74) is 0. The minimum Gasteiger partial charge on any atom is -0.591 e. The van der Waals surface area contributed by atoms with Crippen molar-refractivity contribution in [2.75, 3.05) is 0 Å². The first-order valence-electron chi connectivity index (χ1n) is 6.41. The molecule has 0 fully saturated rings. The Morgan fingerprint density at radius 1 is 1.17 bits per heavy atom. The molecule has 3 nitrogen and oxygen atoms in total. The maximum atomic E-state index is 11.8. The standard InChI is InChI=1S/C13H29NO2SSi/c1-11(10-14-17(15)12(2,3)4)16-18(8,9)13(5,6)7/h10-11H,1-9H3/t11-,17?/m1/s1. The second-order valence-electron chi connectivity index (χ2n) is 7.20. The maximum Gasteiger partial charge on any atom is 0.192 e. The minimum atomic E-state index is -1.78. The largest absolute Gasteiger partial charge is 0.591 e. The van der Waals surface area contributed by atoms with Crippen molar-refractivity contribution in [2.24, 2.45) is 4.40 Å². The molecule has 0 aliphatic rings. The van der Waals surface area contributed by atoms with Gasteiger partial charge in [0.2, 0.25) is 0 Å². The molecule has 0 spiro atoms. The zero-order valence-corrected chi connectivity index (χ0v) is 15.1. The lowest BCUT2D eigenvalue weighted by molar-refractivity contribution is 0.263. The molecular weight excluding hydrogens is 262 g/mol. The summed E-state index contributed by atoms with van der Waals surface area (Å²) < 4.78 is 21.7. The van der Waals surface area contributed by atoms with Crippen LogP contribution < -0.4 is 0 Å². The van der Waals surface area contributed by atoms with Crippen LogP contribution in [-0.2, 0) is 15.8 Å². The minimum absolute atomic E-state index is 0.0859. The second-order valence-corrected chi connectivity index (χ2v) is 13.9. The molecule has 0 radical (unpaired) electrons. The van der Waals surface area contributed by atoms with Crippen LogP contribution in [0.5, 0.6) is 0 Å². The fraction of sp³-hybridized carbons (Fsp3) is 0.923. The van der Waals surface area contributed by atoms with E-state index in [0.717, 1.165) is 0 Å². The van der Waals surface area contributed by atoms with Crippen LogP contribution in [-0.4, -0.2) is 29.9 Å². The first-order valence-corrected chi connectivity index (χ1v) is 10.4. The fourth-order valence-corrected chi connectivity index (χ4v) is 2.91. The molecule has 0 heterocycles. The molecule has 108 valence electrons. The molecule has 5 heteroatoms. The number of hydrogen-bond donors (Lipinski definition) is 0. The van der Waals surface area contributed by atoms with Crippen LogP contribution in [0.1, 0.15) is 48.5 Å². The van der Waals surface area contributed by atoms with Gasteiger partial charge < -0.3 is 8.98 Å². The lowest BCUT2D eigenvalue weighted by Crippen LogP contribution is -2.43. The van der Waals surface area contributed by atoms with Gasteiger partial charge in [-0.1, -0.05) is 25.2 Å². The third-order valence-electron chi connectivity index (χ3n) is 3.18. The van der Waals surface area contributed by atoms with Gasteiger partial charge in [0.05, 0.1) is 12.3 Å². The summed E-state index contributed by atoms with van der Waals surface area (Å²) >= 11 is -1.20. The first kappa shape index (κ1) is 18.2. The van der Waals surface area contributed by atoms with E-state index in [1.807, 2.05) is 27.7 Å². The predicted octanol–water partition coefficient (Wildman–Crippen LogP) is 3.93. The molecule has 0 rings (SSSR count). The Balaban J connectivity index is 4.54. The summed E-state index contributed by atoms with van der Waals surface area (Å²) in [6.07, 6.45) is 1.60. The van der Waals surface area contributed by atoms with Gasteiger partial charge in [-0.2, -0.15) is 0 Å². The smallest absolute Gasteiger partial charge is 0.192 e. The van der Waals surface area contributed by atoms with Crippen molar-refractivity contribution in [3.05, 3.63) is 0 Å². The Morgan fingerprint density at radius 2 is 1.61 bits per heavy atom. The molecule has 0 aliphatic carbocycles. The van der Waals surface area contributed by atoms with Crippen molar-refractivity contribution in [3.63, 3.8) is 0 Å². The Labute approximate surface area is 117 Å². The summed E-state index contributed by atoms with van der Waals surface area (Å²) in [5.74, 6) is 0. The molecule has 0 saturated carbocycles. The van der Waals surface area contributed by atoms with Crippen LogP contribution in [0.4, 0.5) is 0 Å². The van der Waals surface area contributed by atoms with E-state index < -0.39 is 19.7 Å². The molecule has 2 atom stereocenters. The SMILES string of the molecule is C[C@H](C=N[S+]([O-])C(C)(C)C)O[Si](C)(C)C(C)(C)C. The van der Waals surface area contributed by atoms with Gasteiger partial charge in [0.25, 0.3) is 0 Å². The van der Waals surface area contributed by atoms with Gasteiger partial charge in [-0.25, -0.2) is 0 Å². The summed E-state index contributed by atoms with van der Waals surface area (Å²) in [6, 6.07) is 0. The van der Waals surface area contributed by atoms with E-state index in [-0.39, 0.29) is 15.9 Å². The second kappa shape index (κ2) is 6.07. The fourth-order valence-electron chi connectivity index (χ4n) is 0.971. The quantitative estimate of drug-likeness (QED) is 0.447. The molecule has 0 aliphatic heterocycles. The van der Waals surface area contributed by atoms with E-state index in [1.54, 1.807) is 6.21 Å². The Bertz CT molecular complexity index is 292. The van der Waals surface area contributed by atoms with E-state index in [9.17, 15) is 4.55 Å². The van der Waals surface area contributed by atoms with Crippen molar-refractivity contribution in [3.8, 4) is 0 Å². The van der Waals surface area contributed by atoms with E-state index in [2.05, 4.69) is 38.3 Å². The van der Waals surface area contributed by atoms with Crippen LogP contribution in [0.2, 0.25) is 18.1 Å². The molecule has 18 heavy (non-hydrogen) atoms. The van der Waals surface area contributed by atoms with Crippen LogP contribution in [0.3, 0.4) is 0 Å². The normalized spacial score (nSPS) is 18.1. The Hall–Kier alpha value is 0.157. The van der Waals surface area contributed by atoms with E-state index in [0.29, 0.717) is 0 Å². The summed E-state index contributed by atoms with van der Waals surface area (Å²) in [4.78, 5) is 0. The van der Waals surface area contributed by atoms with Gasteiger partial charge in [0.15, 0.2) is 8.32 Å². The highest BCUT2D eigenvalue weighted by molar-refractivity contribution is 7.91. The van der Waals surface area contributed by atoms with Crippen molar-refractivity contribution < 1.29 is 8.98 Å². The zero-order valence-electron chi connectivity index (χ0n) is 13.3. The van der Waals surface area contributed by atoms with Gasteiger partial charge >= 0.3 is 0 Å². The molecular formula is C13H29NO2SSi. The average molecular weight is 292 g/mol. The number of nitrogens with zero attached hydrogens (tertiary/aromatic N) is 1. The Morgan fingerprint density at radius 3 is 1.94 bits per heavy atom. The van der Waals surface area contributed by atoms with Crippen molar-refractivity contribution in [1.82, 2.24) is 0 Å². The molecule has 0 amide bonds. The van der Waals surface area contributed by atoms with Gasteiger partial charge in [0, 0.05) is 0 Å². The number of rotatable bonds is 4. The van der Waals surface area contributed by atoms with Gasteiger partial charge in [0.1, 0.15) is 16.1 Å². The summed E-state index contributed by atoms with van der Waals surface area (Å²) in [6.45, 7) is 18.7. The lowest BCUT2D eigenvalue weighted by Gasteiger charge is -2.37. The first-order chi connectivity index (χ1) is 7.77. The molecule has 1 unspecified atom stereocenters. The highest BCUT2D eigenvalue weighted by atomic mass is 32.2. The van der Waals surface area contributed by atoms with Crippen molar-refractivity contribution in [2.45, 2.75) is 77.4 Å². The van der Waals surface area contributed by atoms with Gasteiger partial charge in [-0.05, 0) is 45.8 Å². The van der Waals surface area contributed by atoms with E-state index in [4.69, 9.17) is 4.43 Å². The van der Waals surface area contributed by atoms with Gasteiger partial charge in [-0.15, -0.1) is 0 Å². The highest BCUT2D eigenvalue weighted by Crippen LogP contribution is 2.37. The van der Waals surface area contributed by atoms with Crippen molar-refractivity contribution >= 4 is 25.9 Å². The zero-order chi connectivity index (χ0) is 14.8. The van der Waals surface area contributed by atoms with E-state index in [1.165, 1.54) is 0 Å². The molecule has 0 N–H and O–H groups in total. The highest BCUT2D eigenvalue weighted by Gasteiger charge is 2.38. The molecule has 0 saturated heterocycles. The Kier molecular flexibility index (Phi) is 6.13. The number of hydrogen-bond acceptors (Lipinski definition) is 3.